The first kappa shape index (κ1) is 27.3. The van der Waals surface area contributed by atoms with E-state index in [1.54, 1.807) is 11.0 Å². The van der Waals surface area contributed by atoms with Crippen molar-refractivity contribution in [2.75, 3.05) is 18.0 Å². The summed E-state index contributed by atoms with van der Waals surface area (Å²) in [5.41, 5.74) is 0.384. The summed E-state index contributed by atoms with van der Waals surface area (Å²) in [6.45, 7) is 11.8. The second-order valence-electron chi connectivity index (χ2n) is 10.7. The number of amides is 2. The Bertz CT molecular complexity index is 975. The van der Waals surface area contributed by atoms with Crippen LogP contribution in [0.4, 0.5) is 5.69 Å². The number of hydrogen-bond acceptors (Lipinski definition) is 4. The van der Waals surface area contributed by atoms with Gasteiger partial charge in [-0.2, -0.15) is 0 Å². The third-order valence-corrected chi connectivity index (χ3v) is 8.59. The zero-order valence-electron chi connectivity index (χ0n) is 21.8. The van der Waals surface area contributed by atoms with E-state index in [0.717, 1.165) is 63.0 Å². The summed E-state index contributed by atoms with van der Waals surface area (Å²) in [6.07, 6.45) is 5.79. The maximum absolute atomic E-state index is 13.9. The Kier molecular flexibility index (Phi) is 9.40. The number of likely N-dealkylation sites (tertiary alicyclic amines) is 1. The van der Waals surface area contributed by atoms with E-state index < -0.39 is 12.0 Å². The largest absolute Gasteiger partial charge is 0.477 e. The number of carboxylic acids is 1. The molecular weight excluding hydrogens is 460 g/mol. The smallest absolute Gasteiger partial charge is 0.348 e. The molecule has 1 saturated carbocycles. The van der Waals surface area contributed by atoms with E-state index in [-0.39, 0.29) is 34.9 Å². The van der Waals surface area contributed by atoms with Crippen LogP contribution in [-0.4, -0.2) is 46.9 Å². The van der Waals surface area contributed by atoms with Gasteiger partial charge in [-0.05, 0) is 63.4 Å². The lowest BCUT2D eigenvalue weighted by molar-refractivity contribution is -0.130. The summed E-state index contributed by atoms with van der Waals surface area (Å²) in [4.78, 5) is 43.3. The molecule has 2 unspecified atom stereocenters. The van der Waals surface area contributed by atoms with Crippen molar-refractivity contribution in [3.63, 3.8) is 0 Å². The highest BCUT2D eigenvalue weighted by atomic mass is 32.1. The van der Waals surface area contributed by atoms with Gasteiger partial charge in [0.05, 0.1) is 10.6 Å². The van der Waals surface area contributed by atoms with Crippen molar-refractivity contribution in [3.8, 4) is 11.8 Å². The summed E-state index contributed by atoms with van der Waals surface area (Å²) in [7, 11) is 0. The summed E-state index contributed by atoms with van der Waals surface area (Å²) >= 11 is 1.11. The van der Waals surface area contributed by atoms with Crippen LogP contribution in [0.15, 0.2) is 6.07 Å². The van der Waals surface area contributed by atoms with Crippen LogP contribution in [0.5, 0.6) is 0 Å². The minimum Gasteiger partial charge on any atom is -0.477 e. The van der Waals surface area contributed by atoms with Crippen molar-refractivity contribution in [1.29, 1.82) is 0 Å². The zero-order valence-corrected chi connectivity index (χ0v) is 22.6. The lowest BCUT2D eigenvalue weighted by Gasteiger charge is -2.35. The van der Waals surface area contributed by atoms with Crippen LogP contribution < -0.4 is 4.90 Å². The first-order valence-electron chi connectivity index (χ1n) is 13.1. The van der Waals surface area contributed by atoms with E-state index in [4.69, 9.17) is 0 Å². The molecule has 0 aromatic carbocycles. The molecule has 2 heterocycles. The molecule has 3 rings (SSSR count). The number of thiophene rings is 1. The van der Waals surface area contributed by atoms with Gasteiger partial charge in [-0.25, -0.2) is 4.79 Å². The van der Waals surface area contributed by atoms with E-state index in [9.17, 15) is 19.5 Å². The van der Waals surface area contributed by atoms with Crippen molar-refractivity contribution < 1.29 is 19.5 Å². The number of hydrogen-bond donors (Lipinski definition) is 1. The summed E-state index contributed by atoms with van der Waals surface area (Å²) in [5.74, 6) is 6.28. The van der Waals surface area contributed by atoms with Crippen molar-refractivity contribution in [1.82, 2.24) is 4.90 Å². The first-order valence-corrected chi connectivity index (χ1v) is 13.9. The highest BCUT2D eigenvalue weighted by Gasteiger charge is 2.35. The number of aromatic carboxylic acids is 1. The maximum atomic E-state index is 13.9. The summed E-state index contributed by atoms with van der Waals surface area (Å²) in [5, 5.41) is 10.0. The van der Waals surface area contributed by atoms with Crippen molar-refractivity contribution in [2.45, 2.75) is 85.6 Å². The molecule has 2 fully saturated rings. The molecule has 1 aromatic rings. The third kappa shape index (κ3) is 6.88. The monoisotopic (exact) mass is 500 g/mol. The van der Waals surface area contributed by atoms with E-state index in [1.165, 1.54) is 0 Å². The second kappa shape index (κ2) is 12.1. The Morgan fingerprint density at radius 2 is 1.74 bits per heavy atom. The Morgan fingerprint density at radius 1 is 1.11 bits per heavy atom. The van der Waals surface area contributed by atoms with Crippen LogP contribution in [0.3, 0.4) is 0 Å². The van der Waals surface area contributed by atoms with Gasteiger partial charge in [0.2, 0.25) is 11.8 Å². The Morgan fingerprint density at radius 3 is 2.31 bits per heavy atom. The Labute approximate surface area is 214 Å². The molecule has 6 nitrogen and oxygen atoms in total. The van der Waals surface area contributed by atoms with Gasteiger partial charge < -0.3 is 14.9 Å². The number of rotatable bonds is 7. The van der Waals surface area contributed by atoms with Crippen LogP contribution in [-0.2, 0) is 9.59 Å². The number of carboxylic acid groups (broad SMARTS) is 1. The van der Waals surface area contributed by atoms with Gasteiger partial charge >= 0.3 is 5.97 Å². The maximum Gasteiger partial charge on any atom is 0.348 e. The molecule has 1 saturated heterocycles. The van der Waals surface area contributed by atoms with Gasteiger partial charge in [-0.15, -0.1) is 11.3 Å². The van der Waals surface area contributed by atoms with Gasteiger partial charge in [0.15, 0.2) is 0 Å². The highest BCUT2D eigenvalue weighted by molar-refractivity contribution is 7.15. The third-order valence-electron chi connectivity index (χ3n) is 7.56. The Hall–Kier alpha value is -2.33. The van der Waals surface area contributed by atoms with Crippen LogP contribution in [0.1, 0.15) is 94.1 Å². The standard InChI is InChI=1S/C28H40N2O4S/c1-18(2)20(4)10-13-23-17-24(26(35-23)28(33)34)30(27(32)22-11-8-19(3)9-12-22)21(5)16-25(31)29-14-6-7-15-29/h17-22H,6-9,11-12,14-16H2,1-5H3,(H,33,34). The zero-order chi connectivity index (χ0) is 25.7. The molecule has 2 amide bonds. The van der Waals surface area contributed by atoms with Gasteiger partial charge in [-0.1, -0.05) is 39.5 Å². The molecule has 35 heavy (non-hydrogen) atoms. The molecule has 0 bridgehead atoms. The normalized spacial score (nSPS) is 21.8. The minimum atomic E-state index is -1.07. The van der Waals surface area contributed by atoms with E-state index in [0.29, 0.717) is 22.4 Å². The predicted molar refractivity (Wildman–Crippen MR) is 141 cm³/mol. The lowest BCUT2D eigenvalue weighted by atomic mass is 9.82. The van der Waals surface area contributed by atoms with Crippen molar-refractivity contribution in [2.24, 2.45) is 23.7 Å². The molecule has 1 N–H and O–H groups in total. The van der Waals surface area contributed by atoms with Gasteiger partial charge in [0.1, 0.15) is 4.88 Å². The molecule has 0 spiro atoms. The number of nitrogens with zero attached hydrogens (tertiary/aromatic N) is 2. The molecular formula is C28H40N2O4S. The average molecular weight is 501 g/mol. The van der Waals surface area contributed by atoms with Crippen LogP contribution in [0.25, 0.3) is 0 Å². The fourth-order valence-electron chi connectivity index (χ4n) is 4.84. The predicted octanol–water partition coefficient (Wildman–Crippen LogP) is 5.65. The minimum absolute atomic E-state index is 0.0305. The van der Waals surface area contributed by atoms with E-state index >= 15 is 0 Å². The lowest BCUT2D eigenvalue weighted by Crippen LogP contribution is -2.46. The van der Waals surface area contributed by atoms with E-state index in [2.05, 4.69) is 39.5 Å². The number of carbonyl (C=O) groups is 3. The van der Waals surface area contributed by atoms with Crippen LogP contribution >= 0.6 is 11.3 Å². The van der Waals surface area contributed by atoms with Crippen molar-refractivity contribution >= 4 is 34.8 Å². The van der Waals surface area contributed by atoms with Crippen LogP contribution in [0.2, 0.25) is 0 Å². The molecule has 1 aliphatic heterocycles. The fraction of sp³-hybridized carbons (Fsp3) is 0.679. The second-order valence-corrected chi connectivity index (χ2v) is 11.8. The topological polar surface area (TPSA) is 77.9 Å². The van der Waals surface area contributed by atoms with Crippen molar-refractivity contribution in [3.05, 3.63) is 15.8 Å². The quantitative estimate of drug-likeness (QED) is 0.491. The molecule has 1 aromatic heterocycles. The van der Waals surface area contributed by atoms with Gasteiger partial charge in [-0.3, -0.25) is 9.59 Å². The van der Waals surface area contributed by atoms with E-state index in [1.807, 2.05) is 11.8 Å². The highest BCUT2D eigenvalue weighted by Crippen LogP contribution is 2.36. The van der Waals surface area contributed by atoms with Crippen LogP contribution in [0, 0.1) is 35.5 Å². The first-order chi connectivity index (χ1) is 16.6. The summed E-state index contributed by atoms with van der Waals surface area (Å²) < 4.78 is 0. The van der Waals surface area contributed by atoms with Gasteiger partial charge in [0, 0.05) is 37.4 Å². The Balaban J connectivity index is 1.96. The SMILES string of the molecule is CC1CCC(C(=O)N(c2cc(C#CC(C)C(C)C)sc2C(=O)O)C(C)CC(=O)N2CCCC2)CC1. The van der Waals surface area contributed by atoms with Gasteiger partial charge in [0.25, 0.3) is 0 Å². The molecule has 1 aliphatic carbocycles. The molecule has 2 atom stereocenters. The fourth-order valence-corrected chi connectivity index (χ4v) is 5.69. The number of anilines is 1. The molecule has 7 heteroatoms. The molecule has 2 aliphatic rings. The molecule has 192 valence electrons. The number of carbonyl (C=O) groups excluding carboxylic acids is 2. The summed E-state index contributed by atoms with van der Waals surface area (Å²) in [6, 6.07) is 1.31. The average Bonchev–Trinajstić information content (AvgIpc) is 3.48. The molecule has 0 radical (unpaired) electrons.